The lowest BCUT2D eigenvalue weighted by atomic mass is 10.1. The van der Waals surface area contributed by atoms with Gasteiger partial charge in [-0.25, -0.2) is 0 Å². The Balaban J connectivity index is 1.75. The van der Waals surface area contributed by atoms with Crippen LogP contribution >= 0.6 is 0 Å². The molecule has 1 aliphatic rings. The highest BCUT2D eigenvalue weighted by molar-refractivity contribution is 5.29. The second-order valence-corrected chi connectivity index (χ2v) is 5.44. The van der Waals surface area contributed by atoms with Crippen LogP contribution < -0.4 is 5.32 Å². The largest absolute Gasteiger partial charge is 0.374 e. The number of hydrogen-bond acceptors (Lipinski definition) is 3. The van der Waals surface area contributed by atoms with Crippen LogP contribution in [-0.4, -0.2) is 43.8 Å². The Morgan fingerprint density at radius 1 is 1.32 bits per heavy atom. The molecule has 1 aliphatic heterocycles. The van der Waals surface area contributed by atoms with E-state index in [-0.39, 0.29) is 0 Å². The average molecular weight is 262 g/mol. The van der Waals surface area contributed by atoms with E-state index >= 15 is 0 Å². The van der Waals surface area contributed by atoms with Crippen LogP contribution in [0.5, 0.6) is 0 Å². The maximum absolute atomic E-state index is 5.79. The summed E-state index contributed by atoms with van der Waals surface area (Å²) in [5.41, 5.74) is 4.08. The van der Waals surface area contributed by atoms with E-state index in [1.54, 1.807) is 0 Å². The smallest absolute Gasteiger partial charge is 0.0826 e. The maximum Gasteiger partial charge on any atom is 0.0826 e. The van der Waals surface area contributed by atoms with E-state index < -0.39 is 0 Å². The molecule has 3 nitrogen and oxygen atoms in total. The Bertz CT molecular complexity index is 406. The zero-order chi connectivity index (χ0) is 13.7. The van der Waals surface area contributed by atoms with Crippen molar-refractivity contribution in [2.45, 2.75) is 33.4 Å². The maximum atomic E-state index is 5.79. The monoisotopic (exact) mass is 262 g/mol. The van der Waals surface area contributed by atoms with Crippen molar-refractivity contribution >= 4 is 0 Å². The summed E-state index contributed by atoms with van der Waals surface area (Å²) in [7, 11) is 0. The topological polar surface area (TPSA) is 24.5 Å². The van der Waals surface area contributed by atoms with Crippen molar-refractivity contribution in [2.24, 2.45) is 0 Å². The van der Waals surface area contributed by atoms with Crippen LogP contribution in [-0.2, 0) is 11.3 Å². The molecule has 0 saturated carbocycles. The van der Waals surface area contributed by atoms with Gasteiger partial charge >= 0.3 is 0 Å². The molecule has 1 heterocycles. The molecular formula is C16H26N2O. The van der Waals surface area contributed by atoms with E-state index in [4.69, 9.17) is 4.74 Å². The van der Waals surface area contributed by atoms with Gasteiger partial charge in [0.15, 0.2) is 0 Å². The van der Waals surface area contributed by atoms with Gasteiger partial charge in [-0.15, -0.1) is 0 Å². The van der Waals surface area contributed by atoms with Crippen LogP contribution in [0.2, 0.25) is 0 Å². The molecule has 1 atom stereocenters. The van der Waals surface area contributed by atoms with Crippen molar-refractivity contribution in [1.29, 1.82) is 0 Å². The number of aryl methyl sites for hydroxylation is 2. The lowest BCUT2D eigenvalue weighted by Gasteiger charge is -2.32. The van der Waals surface area contributed by atoms with Crippen molar-refractivity contribution in [3.8, 4) is 0 Å². The van der Waals surface area contributed by atoms with Crippen molar-refractivity contribution in [2.75, 3.05) is 32.8 Å². The minimum atomic E-state index is 0.334. The number of rotatable bonds is 5. The molecule has 1 saturated heterocycles. The SMILES string of the molecule is CCN1CCOC(CNCc2ccc(C)c(C)c2)C1. The fourth-order valence-electron chi connectivity index (χ4n) is 2.48. The molecule has 106 valence electrons. The molecule has 0 amide bonds. The number of morpholine rings is 1. The third-order valence-electron chi connectivity index (χ3n) is 3.94. The summed E-state index contributed by atoms with van der Waals surface area (Å²) in [6.07, 6.45) is 0.334. The van der Waals surface area contributed by atoms with E-state index in [0.717, 1.165) is 39.3 Å². The predicted molar refractivity (Wildman–Crippen MR) is 79.5 cm³/mol. The first-order valence-corrected chi connectivity index (χ1v) is 7.30. The molecule has 0 bridgehead atoms. The Morgan fingerprint density at radius 3 is 2.89 bits per heavy atom. The Kier molecular flexibility index (Phi) is 5.37. The van der Waals surface area contributed by atoms with Crippen molar-refractivity contribution in [1.82, 2.24) is 10.2 Å². The highest BCUT2D eigenvalue weighted by Gasteiger charge is 2.18. The normalized spacial score (nSPS) is 20.7. The second-order valence-electron chi connectivity index (χ2n) is 5.44. The summed E-state index contributed by atoms with van der Waals surface area (Å²) in [5, 5.41) is 3.51. The fourth-order valence-corrected chi connectivity index (χ4v) is 2.48. The fraction of sp³-hybridized carbons (Fsp3) is 0.625. The molecule has 1 aromatic carbocycles. The van der Waals surface area contributed by atoms with Gasteiger partial charge in [0, 0.05) is 26.2 Å². The van der Waals surface area contributed by atoms with Crippen LogP contribution in [0.3, 0.4) is 0 Å². The highest BCUT2D eigenvalue weighted by atomic mass is 16.5. The summed E-state index contributed by atoms with van der Waals surface area (Å²) in [5.74, 6) is 0. The molecule has 0 aliphatic carbocycles. The van der Waals surface area contributed by atoms with Crippen LogP contribution in [0.15, 0.2) is 18.2 Å². The number of nitrogens with zero attached hydrogens (tertiary/aromatic N) is 1. The number of likely N-dealkylation sites (N-methyl/N-ethyl adjacent to an activating group) is 1. The molecule has 2 rings (SSSR count). The number of hydrogen-bond donors (Lipinski definition) is 1. The van der Waals surface area contributed by atoms with Gasteiger partial charge in [0.1, 0.15) is 0 Å². The summed E-state index contributed by atoms with van der Waals surface area (Å²) in [6, 6.07) is 6.67. The first kappa shape index (κ1) is 14.5. The van der Waals surface area contributed by atoms with Crippen molar-refractivity contribution in [3.63, 3.8) is 0 Å². The quantitative estimate of drug-likeness (QED) is 0.879. The van der Waals surface area contributed by atoms with Crippen LogP contribution in [0, 0.1) is 13.8 Å². The third-order valence-corrected chi connectivity index (χ3v) is 3.94. The molecule has 0 spiro atoms. The summed E-state index contributed by atoms with van der Waals surface area (Å²) >= 11 is 0. The molecule has 0 radical (unpaired) electrons. The number of benzene rings is 1. The van der Waals surface area contributed by atoms with Gasteiger partial charge in [0.05, 0.1) is 12.7 Å². The van der Waals surface area contributed by atoms with E-state index in [1.165, 1.54) is 16.7 Å². The molecule has 0 aromatic heterocycles. The Hall–Kier alpha value is -0.900. The zero-order valence-corrected chi connectivity index (χ0v) is 12.4. The Labute approximate surface area is 116 Å². The van der Waals surface area contributed by atoms with Gasteiger partial charge in [-0.1, -0.05) is 25.1 Å². The molecule has 1 fully saturated rings. The number of ether oxygens (including phenoxy) is 1. The van der Waals surface area contributed by atoms with E-state index in [1.807, 2.05) is 0 Å². The molecule has 19 heavy (non-hydrogen) atoms. The molecule has 1 aromatic rings. The highest BCUT2D eigenvalue weighted by Crippen LogP contribution is 2.10. The lowest BCUT2D eigenvalue weighted by Crippen LogP contribution is -2.46. The Morgan fingerprint density at radius 2 is 2.16 bits per heavy atom. The molecule has 3 heteroatoms. The van der Waals surface area contributed by atoms with Gasteiger partial charge in [-0.2, -0.15) is 0 Å². The predicted octanol–water partition coefficient (Wildman–Crippen LogP) is 2.11. The first-order valence-electron chi connectivity index (χ1n) is 7.30. The van der Waals surface area contributed by atoms with Crippen molar-refractivity contribution < 1.29 is 4.74 Å². The number of nitrogens with one attached hydrogen (secondary N) is 1. The molecular weight excluding hydrogens is 236 g/mol. The van der Waals surface area contributed by atoms with Crippen LogP contribution in [0.25, 0.3) is 0 Å². The summed E-state index contributed by atoms with van der Waals surface area (Å²) in [4.78, 5) is 2.45. The second kappa shape index (κ2) is 7.04. The standard InChI is InChI=1S/C16H26N2O/c1-4-18-7-8-19-16(12-18)11-17-10-15-6-5-13(2)14(3)9-15/h5-6,9,16-17H,4,7-8,10-12H2,1-3H3. The minimum Gasteiger partial charge on any atom is -0.374 e. The van der Waals surface area contributed by atoms with Gasteiger partial charge in [-0.05, 0) is 37.1 Å². The van der Waals surface area contributed by atoms with E-state index in [9.17, 15) is 0 Å². The van der Waals surface area contributed by atoms with E-state index in [0.29, 0.717) is 6.10 Å². The molecule has 1 unspecified atom stereocenters. The van der Waals surface area contributed by atoms with Gasteiger partial charge in [0.25, 0.3) is 0 Å². The van der Waals surface area contributed by atoms with Gasteiger partial charge < -0.3 is 10.1 Å². The lowest BCUT2D eigenvalue weighted by molar-refractivity contribution is -0.0253. The zero-order valence-electron chi connectivity index (χ0n) is 12.4. The molecule has 1 N–H and O–H groups in total. The van der Waals surface area contributed by atoms with Gasteiger partial charge in [0.2, 0.25) is 0 Å². The first-order chi connectivity index (χ1) is 9.19. The minimum absolute atomic E-state index is 0.334. The van der Waals surface area contributed by atoms with Crippen molar-refractivity contribution in [3.05, 3.63) is 34.9 Å². The van der Waals surface area contributed by atoms with E-state index in [2.05, 4.69) is 49.2 Å². The third kappa shape index (κ3) is 4.30. The van der Waals surface area contributed by atoms with Gasteiger partial charge in [-0.3, -0.25) is 4.90 Å². The van der Waals surface area contributed by atoms with Crippen LogP contribution in [0.4, 0.5) is 0 Å². The summed E-state index contributed by atoms with van der Waals surface area (Å²) in [6.45, 7) is 12.5. The van der Waals surface area contributed by atoms with Crippen LogP contribution in [0.1, 0.15) is 23.6 Å². The summed E-state index contributed by atoms with van der Waals surface area (Å²) < 4.78 is 5.79. The average Bonchev–Trinajstić information content (AvgIpc) is 2.43.